The second kappa shape index (κ2) is 11.2. The number of hydrogen-bond acceptors (Lipinski definition) is 5. The first-order valence-electron chi connectivity index (χ1n) is 11.5. The summed E-state index contributed by atoms with van der Waals surface area (Å²) in [6.45, 7) is 1.52. The highest BCUT2D eigenvalue weighted by molar-refractivity contribution is 5.98. The van der Waals surface area contributed by atoms with E-state index in [0.29, 0.717) is 23.7 Å². The van der Waals surface area contributed by atoms with Crippen LogP contribution < -0.4 is 15.5 Å². The fourth-order valence-electron chi connectivity index (χ4n) is 3.85. The number of carboxylic acids is 1. The largest absolute Gasteiger partial charge is 0.481 e. The molecule has 184 valence electrons. The lowest BCUT2D eigenvalue weighted by molar-refractivity contribution is -0.137. The molecule has 2 amide bonds. The Morgan fingerprint density at radius 3 is 2.42 bits per heavy atom. The molecule has 0 spiro atoms. The van der Waals surface area contributed by atoms with Gasteiger partial charge in [0.15, 0.2) is 0 Å². The average molecular weight is 486 g/mol. The molecule has 0 radical (unpaired) electrons. The number of aromatic amines is 1. The molecule has 1 aromatic heterocycles. The van der Waals surface area contributed by atoms with E-state index in [1.165, 1.54) is 11.8 Å². The van der Waals surface area contributed by atoms with Gasteiger partial charge in [0.1, 0.15) is 6.54 Å². The summed E-state index contributed by atoms with van der Waals surface area (Å²) in [6, 6.07) is 22.4. The Morgan fingerprint density at radius 1 is 0.972 bits per heavy atom. The zero-order valence-electron chi connectivity index (χ0n) is 19.8. The Balaban J connectivity index is 1.34. The van der Waals surface area contributed by atoms with E-state index in [-0.39, 0.29) is 31.2 Å². The molecule has 0 saturated heterocycles. The number of H-pyrrole nitrogens is 1. The van der Waals surface area contributed by atoms with Crippen LogP contribution in [0.25, 0.3) is 11.0 Å². The normalized spacial score (nSPS) is 10.7. The topological polar surface area (TPSA) is 127 Å². The molecule has 0 bridgehead atoms. The lowest BCUT2D eigenvalue weighted by Gasteiger charge is -2.23. The molecule has 36 heavy (non-hydrogen) atoms. The number of hydrogen-bond donors (Lipinski definition) is 4. The number of nitrogens with zero attached hydrogens (tertiary/aromatic N) is 2. The standard InChI is InChI=1S/C27H27N5O4/c1-18(33)32(24-9-5-2-6-20(24)12-15-26(35)36)17-25(34)28-16-19-10-13-21(14-11-19)29-27-30-22-7-3-4-8-23(22)31-27/h2-11,13-14H,12,15-17H2,1H3,(H,28,34)(H,35,36)(H2,29,30,31). The summed E-state index contributed by atoms with van der Waals surface area (Å²) in [7, 11) is 0. The number of para-hydroxylation sites is 3. The molecular weight excluding hydrogens is 458 g/mol. The fraction of sp³-hybridized carbons (Fsp3) is 0.185. The zero-order chi connectivity index (χ0) is 25.5. The van der Waals surface area contributed by atoms with E-state index < -0.39 is 5.97 Å². The third-order valence-corrected chi connectivity index (χ3v) is 5.67. The summed E-state index contributed by atoms with van der Waals surface area (Å²) in [5, 5.41) is 15.1. The van der Waals surface area contributed by atoms with E-state index in [2.05, 4.69) is 20.6 Å². The lowest BCUT2D eigenvalue weighted by Crippen LogP contribution is -2.40. The van der Waals surface area contributed by atoms with Gasteiger partial charge < -0.3 is 25.6 Å². The number of aromatic nitrogens is 2. The number of aliphatic carboxylic acids is 1. The van der Waals surface area contributed by atoms with Gasteiger partial charge in [0, 0.05) is 31.3 Å². The van der Waals surface area contributed by atoms with Crippen LogP contribution in [0.3, 0.4) is 0 Å². The van der Waals surface area contributed by atoms with E-state index in [0.717, 1.165) is 22.3 Å². The molecule has 0 atom stereocenters. The number of nitrogens with one attached hydrogen (secondary N) is 3. The third-order valence-electron chi connectivity index (χ3n) is 5.67. The van der Waals surface area contributed by atoms with E-state index in [1.807, 2.05) is 48.5 Å². The molecule has 4 aromatic rings. The van der Waals surface area contributed by atoms with Crippen LogP contribution in [-0.2, 0) is 27.3 Å². The second-order valence-electron chi connectivity index (χ2n) is 8.33. The van der Waals surface area contributed by atoms with Crippen molar-refractivity contribution >= 4 is 46.1 Å². The van der Waals surface area contributed by atoms with Gasteiger partial charge in [-0.05, 0) is 47.9 Å². The van der Waals surface area contributed by atoms with Gasteiger partial charge in [0.25, 0.3) is 0 Å². The molecule has 0 aliphatic rings. The monoisotopic (exact) mass is 485 g/mol. The maximum atomic E-state index is 12.7. The maximum Gasteiger partial charge on any atom is 0.303 e. The van der Waals surface area contributed by atoms with Crippen LogP contribution in [0.2, 0.25) is 0 Å². The minimum absolute atomic E-state index is 0.0594. The number of anilines is 3. The van der Waals surface area contributed by atoms with E-state index >= 15 is 0 Å². The molecule has 4 rings (SSSR count). The van der Waals surface area contributed by atoms with Crippen molar-refractivity contribution in [1.82, 2.24) is 15.3 Å². The van der Waals surface area contributed by atoms with Crippen LogP contribution in [0.5, 0.6) is 0 Å². The first kappa shape index (κ1) is 24.5. The number of fused-ring (bicyclic) bond motifs is 1. The van der Waals surface area contributed by atoms with Crippen molar-refractivity contribution < 1.29 is 19.5 Å². The fourth-order valence-corrected chi connectivity index (χ4v) is 3.85. The van der Waals surface area contributed by atoms with Gasteiger partial charge in [0.05, 0.1) is 11.0 Å². The highest BCUT2D eigenvalue weighted by Crippen LogP contribution is 2.22. The summed E-state index contributed by atoms with van der Waals surface area (Å²) in [6.07, 6.45) is 0.210. The van der Waals surface area contributed by atoms with Crippen LogP contribution in [0.1, 0.15) is 24.5 Å². The summed E-state index contributed by atoms with van der Waals surface area (Å²) in [5.41, 5.74) is 4.82. The minimum Gasteiger partial charge on any atom is -0.481 e. The predicted molar refractivity (Wildman–Crippen MR) is 138 cm³/mol. The molecule has 1 heterocycles. The highest BCUT2D eigenvalue weighted by atomic mass is 16.4. The van der Waals surface area contributed by atoms with Crippen molar-refractivity contribution in [3.05, 3.63) is 83.9 Å². The Labute approximate surface area is 208 Å². The lowest BCUT2D eigenvalue weighted by atomic mass is 10.1. The molecule has 0 aliphatic heterocycles. The molecule has 4 N–H and O–H groups in total. The van der Waals surface area contributed by atoms with Crippen LogP contribution in [0, 0.1) is 0 Å². The number of benzene rings is 3. The Kier molecular flexibility index (Phi) is 7.60. The summed E-state index contributed by atoms with van der Waals surface area (Å²) in [4.78, 5) is 45.0. The van der Waals surface area contributed by atoms with Gasteiger partial charge in [-0.3, -0.25) is 14.4 Å². The number of rotatable bonds is 10. The number of amides is 2. The van der Waals surface area contributed by atoms with Gasteiger partial charge in [-0.25, -0.2) is 4.98 Å². The first-order chi connectivity index (χ1) is 17.4. The van der Waals surface area contributed by atoms with Gasteiger partial charge in [-0.1, -0.05) is 42.5 Å². The molecular formula is C27H27N5O4. The summed E-state index contributed by atoms with van der Waals surface area (Å²) >= 11 is 0. The number of carbonyl (C=O) groups is 3. The number of carbonyl (C=O) groups excluding carboxylic acids is 2. The number of carboxylic acid groups (broad SMARTS) is 1. The SMILES string of the molecule is CC(=O)N(CC(=O)NCc1ccc(Nc2nc3ccccc3[nH]2)cc1)c1ccccc1CCC(=O)O. The van der Waals surface area contributed by atoms with Gasteiger partial charge >= 0.3 is 5.97 Å². The van der Waals surface area contributed by atoms with E-state index in [1.54, 1.807) is 24.3 Å². The van der Waals surface area contributed by atoms with E-state index in [4.69, 9.17) is 5.11 Å². The predicted octanol–water partition coefficient (Wildman–Crippen LogP) is 3.99. The Bertz CT molecular complexity index is 1350. The minimum atomic E-state index is -0.921. The number of imidazole rings is 1. The molecule has 0 saturated carbocycles. The zero-order valence-corrected chi connectivity index (χ0v) is 19.8. The summed E-state index contributed by atoms with van der Waals surface area (Å²) < 4.78 is 0. The van der Waals surface area contributed by atoms with Crippen molar-refractivity contribution in [3.8, 4) is 0 Å². The number of aryl methyl sites for hydroxylation is 1. The second-order valence-corrected chi connectivity index (χ2v) is 8.33. The van der Waals surface area contributed by atoms with Gasteiger partial charge in [0.2, 0.25) is 17.8 Å². The van der Waals surface area contributed by atoms with Crippen molar-refractivity contribution in [1.29, 1.82) is 0 Å². The van der Waals surface area contributed by atoms with Crippen LogP contribution >= 0.6 is 0 Å². The third kappa shape index (κ3) is 6.26. The van der Waals surface area contributed by atoms with Crippen LogP contribution in [-0.4, -0.2) is 39.4 Å². The molecule has 0 aliphatic carbocycles. The molecule has 9 nitrogen and oxygen atoms in total. The quantitative estimate of drug-likeness (QED) is 0.269. The van der Waals surface area contributed by atoms with Gasteiger partial charge in [-0.15, -0.1) is 0 Å². The summed E-state index contributed by atoms with van der Waals surface area (Å²) in [5.74, 6) is -0.891. The molecule has 0 unspecified atom stereocenters. The van der Waals surface area contributed by atoms with Crippen molar-refractivity contribution in [3.63, 3.8) is 0 Å². The highest BCUT2D eigenvalue weighted by Gasteiger charge is 2.19. The van der Waals surface area contributed by atoms with Crippen molar-refractivity contribution in [2.24, 2.45) is 0 Å². The van der Waals surface area contributed by atoms with E-state index in [9.17, 15) is 14.4 Å². The van der Waals surface area contributed by atoms with Gasteiger partial charge in [-0.2, -0.15) is 0 Å². The molecule has 9 heteroatoms. The Morgan fingerprint density at radius 2 is 1.69 bits per heavy atom. The smallest absolute Gasteiger partial charge is 0.303 e. The average Bonchev–Trinajstić information content (AvgIpc) is 3.28. The maximum absolute atomic E-state index is 12.7. The van der Waals surface area contributed by atoms with Crippen LogP contribution in [0.4, 0.5) is 17.3 Å². The van der Waals surface area contributed by atoms with Crippen molar-refractivity contribution in [2.75, 3.05) is 16.8 Å². The molecule has 3 aromatic carbocycles. The van der Waals surface area contributed by atoms with Crippen LogP contribution in [0.15, 0.2) is 72.8 Å². The first-order valence-corrected chi connectivity index (χ1v) is 11.5. The molecule has 0 fully saturated rings. The van der Waals surface area contributed by atoms with Crippen molar-refractivity contribution in [2.45, 2.75) is 26.3 Å². The Hall–Kier alpha value is -4.66.